The first-order chi connectivity index (χ1) is 11.3. The summed E-state index contributed by atoms with van der Waals surface area (Å²) in [5, 5.41) is 64.9. The van der Waals surface area contributed by atoms with E-state index in [4.69, 9.17) is 40.9 Å². The van der Waals surface area contributed by atoms with Crippen LogP contribution in [0.4, 0.5) is 0 Å². The molecule has 0 aromatic heterocycles. The van der Waals surface area contributed by atoms with Gasteiger partial charge in [-0.05, 0) is 0 Å². The third kappa shape index (κ3) is 21.2. The van der Waals surface area contributed by atoms with Crippen molar-refractivity contribution in [3.8, 4) is 0 Å². The number of carboxylic acids is 5. The summed E-state index contributed by atoms with van der Waals surface area (Å²) in [5.41, 5.74) is -2.74. The minimum atomic E-state index is -2.74. The fourth-order valence-corrected chi connectivity index (χ4v) is 0.928. The van der Waals surface area contributed by atoms with E-state index >= 15 is 0 Å². The Hall–Kier alpha value is -2.77. The molecule has 0 atom stereocenters. The van der Waals surface area contributed by atoms with Gasteiger partial charge in [-0.3, -0.25) is 19.2 Å². The quantitative estimate of drug-likeness (QED) is 0.211. The highest BCUT2D eigenvalue weighted by Gasteiger charge is 2.40. The summed E-state index contributed by atoms with van der Waals surface area (Å²) in [6.07, 6.45) is -2.88. The van der Waals surface area contributed by atoms with Crippen LogP contribution in [0.2, 0.25) is 0 Å². The largest absolute Gasteiger partial charge is 0.481 e. The third-order valence-corrected chi connectivity index (χ3v) is 1.94. The molecule has 0 spiro atoms. The van der Waals surface area contributed by atoms with Gasteiger partial charge in [0.2, 0.25) is 0 Å². The number of aliphatic hydroxyl groups is 3. The summed E-state index contributed by atoms with van der Waals surface area (Å²) in [7, 11) is 0. The van der Waals surface area contributed by atoms with E-state index in [1.165, 1.54) is 0 Å². The Balaban J connectivity index is -0.000000342. The number of aliphatic hydroxyl groups excluding tert-OH is 2. The Morgan fingerprint density at radius 1 is 0.600 bits per heavy atom. The zero-order valence-corrected chi connectivity index (χ0v) is 12.9. The van der Waals surface area contributed by atoms with Crippen molar-refractivity contribution in [2.24, 2.45) is 0 Å². The van der Waals surface area contributed by atoms with Gasteiger partial charge < -0.3 is 40.9 Å². The zero-order chi connectivity index (χ0) is 20.6. The normalized spacial score (nSPS) is 9.56. The fraction of sp³-hybridized carbons (Fsp3) is 0.583. The average molecular weight is 372 g/mol. The number of aliphatic carboxylic acids is 5. The van der Waals surface area contributed by atoms with Gasteiger partial charge in [-0.15, -0.1) is 0 Å². The lowest BCUT2D eigenvalue weighted by molar-refractivity contribution is -0.170. The van der Waals surface area contributed by atoms with E-state index in [9.17, 15) is 24.0 Å². The van der Waals surface area contributed by atoms with Crippen LogP contribution in [0.15, 0.2) is 0 Å². The molecule has 0 saturated heterocycles. The molecule has 0 aliphatic heterocycles. The maximum atomic E-state index is 10.3. The van der Waals surface area contributed by atoms with E-state index in [2.05, 4.69) is 0 Å². The van der Waals surface area contributed by atoms with E-state index < -0.39 is 48.3 Å². The predicted molar refractivity (Wildman–Crippen MR) is 75.8 cm³/mol. The standard InChI is InChI=1S/C6H8O7.C4H6O4.C2H6O2/c7-3(8)1-6(13,5(11)12)2-4(9)10;5-3(6)1-2-4(7)8;3-1-2-4/h13H,1-2H2,(H,7,8)(H,9,10)(H,11,12);1-2H2,(H,5,6)(H,7,8);3-4H,1-2H2. The molecule has 0 aromatic carbocycles. The maximum absolute atomic E-state index is 10.3. The highest BCUT2D eigenvalue weighted by Crippen LogP contribution is 2.15. The lowest BCUT2D eigenvalue weighted by Gasteiger charge is -2.18. The van der Waals surface area contributed by atoms with E-state index in [-0.39, 0.29) is 26.1 Å². The molecule has 25 heavy (non-hydrogen) atoms. The lowest BCUT2D eigenvalue weighted by atomic mass is 9.96. The van der Waals surface area contributed by atoms with Crippen molar-refractivity contribution in [2.45, 2.75) is 31.3 Å². The average Bonchev–Trinajstić information content (AvgIpc) is 2.44. The SMILES string of the molecule is O=C(O)CC(O)(CC(=O)O)C(=O)O.O=C(O)CCC(=O)O.OCCO. The molecule has 0 saturated carbocycles. The van der Waals surface area contributed by atoms with Crippen molar-refractivity contribution in [2.75, 3.05) is 13.2 Å². The van der Waals surface area contributed by atoms with Crippen molar-refractivity contribution >= 4 is 29.8 Å². The fourth-order valence-electron chi connectivity index (χ4n) is 0.928. The van der Waals surface area contributed by atoms with Gasteiger partial charge in [0.15, 0.2) is 5.60 Å². The Morgan fingerprint density at radius 2 is 0.880 bits per heavy atom. The van der Waals surface area contributed by atoms with Crippen LogP contribution in [0.3, 0.4) is 0 Å². The maximum Gasteiger partial charge on any atom is 0.336 e. The summed E-state index contributed by atoms with van der Waals surface area (Å²) >= 11 is 0. The molecule has 0 unspecified atom stereocenters. The summed E-state index contributed by atoms with van der Waals surface area (Å²) in [6, 6.07) is 0. The first-order valence-electron chi connectivity index (χ1n) is 6.37. The molecule has 0 bridgehead atoms. The summed E-state index contributed by atoms with van der Waals surface area (Å²) in [4.78, 5) is 49.8. The van der Waals surface area contributed by atoms with Crippen molar-refractivity contribution < 1.29 is 64.8 Å². The molecule has 0 aromatic rings. The van der Waals surface area contributed by atoms with Gasteiger partial charge in [0.1, 0.15) is 0 Å². The van der Waals surface area contributed by atoms with Gasteiger partial charge >= 0.3 is 29.8 Å². The number of rotatable bonds is 9. The molecule has 0 rings (SSSR count). The smallest absolute Gasteiger partial charge is 0.336 e. The summed E-state index contributed by atoms with van der Waals surface area (Å²) in [5.74, 6) is -7.17. The summed E-state index contributed by atoms with van der Waals surface area (Å²) in [6.45, 7) is -0.250. The highest BCUT2D eigenvalue weighted by molar-refractivity contribution is 5.88. The van der Waals surface area contributed by atoms with Gasteiger partial charge in [0, 0.05) is 0 Å². The predicted octanol–water partition coefficient (Wildman–Crippen LogP) is -2.34. The molecule has 0 heterocycles. The van der Waals surface area contributed by atoms with Crippen LogP contribution in [0.1, 0.15) is 25.7 Å². The Kier molecular flexibility index (Phi) is 16.0. The second kappa shape index (κ2) is 14.8. The van der Waals surface area contributed by atoms with Crippen LogP contribution in [-0.2, 0) is 24.0 Å². The molecule has 0 amide bonds. The molecule has 0 radical (unpaired) electrons. The topological polar surface area (TPSA) is 247 Å². The van der Waals surface area contributed by atoms with Gasteiger partial charge in [0.05, 0.1) is 38.9 Å². The molecule has 0 aliphatic carbocycles. The van der Waals surface area contributed by atoms with Crippen LogP contribution >= 0.6 is 0 Å². The van der Waals surface area contributed by atoms with Crippen molar-refractivity contribution in [1.29, 1.82) is 0 Å². The Bertz CT molecular complexity index is 424. The number of hydrogen-bond donors (Lipinski definition) is 8. The van der Waals surface area contributed by atoms with Gasteiger partial charge in [0.25, 0.3) is 0 Å². The van der Waals surface area contributed by atoms with Crippen molar-refractivity contribution in [3.05, 3.63) is 0 Å². The van der Waals surface area contributed by atoms with E-state index in [0.29, 0.717) is 0 Å². The minimum Gasteiger partial charge on any atom is -0.481 e. The Labute approximate surface area is 140 Å². The highest BCUT2D eigenvalue weighted by atomic mass is 16.4. The van der Waals surface area contributed by atoms with Crippen LogP contribution in [0.25, 0.3) is 0 Å². The number of carboxylic acid groups (broad SMARTS) is 5. The molecule has 8 N–H and O–H groups in total. The zero-order valence-electron chi connectivity index (χ0n) is 12.9. The van der Waals surface area contributed by atoms with Gasteiger partial charge in [-0.25, -0.2) is 4.79 Å². The first-order valence-corrected chi connectivity index (χ1v) is 6.37. The van der Waals surface area contributed by atoms with E-state index in [0.717, 1.165) is 0 Å². The van der Waals surface area contributed by atoms with Gasteiger partial charge in [-0.2, -0.15) is 0 Å². The molecule has 13 nitrogen and oxygen atoms in total. The van der Waals surface area contributed by atoms with Crippen molar-refractivity contribution in [3.63, 3.8) is 0 Å². The second-order valence-electron chi connectivity index (χ2n) is 4.21. The molecule has 0 aliphatic rings. The molecule has 13 heteroatoms. The van der Waals surface area contributed by atoms with Crippen LogP contribution < -0.4 is 0 Å². The Morgan fingerprint density at radius 3 is 1.00 bits per heavy atom. The van der Waals surface area contributed by atoms with Crippen LogP contribution in [-0.4, -0.2) is 89.5 Å². The molecule has 0 fully saturated rings. The van der Waals surface area contributed by atoms with Crippen molar-refractivity contribution in [1.82, 2.24) is 0 Å². The van der Waals surface area contributed by atoms with Gasteiger partial charge in [-0.1, -0.05) is 0 Å². The van der Waals surface area contributed by atoms with Crippen LogP contribution in [0, 0.1) is 0 Å². The first kappa shape index (κ1) is 27.1. The second-order valence-corrected chi connectivity index (χ2v) is 4.21. The minimum absolute atomic E-state index is 0.125. The monoisotopic (exact) mass is 372 g/mol. The third-order valence-electron chi connectivity index (χ3n) is 1.94. The van der Waals surface area contributed by atoms with Crippen LogP contribution in [0.5, 0.6) is 0 Å². The molecular formula is C12H20O13. The lowest BCUT2D eigenvalue weighted by Crippen LogP contribution is -2.42. The van der Waals surface area contributed by atoms with E-state index in [1.807, 2.05) is 0 Å². The summed E-state index contributed by atoms with van der Waals surface area (Å²) < 4.78 is 0. The number of hydrogen-bond acceptors (Lipinski definition) is 8. The molecular weight excluding hydrogens is 352 g/mol. The van der Waals surface area contributed by atoms with E-state index in [1.54, 1.807) is 0 Å². The molecule has 146 valence electrons. The number of carbonyl (C=O) groups is 5.